The Morgan fingerprint density at radius 1 is 1.04 bits per heavy atom. The van der Waals surface area contributed by atoms with Crippen LogP contribution in [0.15, 0.2) is 37.1 Å². The predicted octanol–water partition coefficient (Wildman–Crippen LogP) is 6.77. The van der Waals surface area contributed by atoms with Crippen LogP contribution in [0.5, 0.6) is 11.8 Å². The number of nitrogens with one attached hydrogen (secondary N) is 1. The summed E-state index contributed by atoms with van der Waals surface area (Å²) in [5.74, 6) is 2.27. The third kappa shape index (κ3) is 5.50. The molecule has 10 heteroatoms. The fourth-order valence-corrected chi connectivity index (χ4v) is 9.15. The van der Waals surface area contributed by atoms with Gasteiger partial charge in [-0.3, -0.25) is 9.89 Å². The lowest BCUT2D eigenvalue weighted by Gasteiger charge is -2.54. The molecule has 5 fully saturated rings. The molecular weight excluding hydrogens is 626 g/mol. The molecule has 3 saturated heterocycles. The van der Waals surface area contributed by atoms with E-state index in [9.17, 15) is 4.79 Å². The average molecular weight is 676 g/mol. The van der Waals surface area contributed by atoms with Gasteiger partial charge in [0.15, 0.2) is 5.75 Å². The number of hydrogen-bond acceptors (Lipinski definition) is 8. The number of aromatic amines is 1. The standard InChI is InChI=1S/C40H49N7O3/c1-4-33(48)47-23-40(24-47)13-17-46(18-14-40)38-30-21-29(26-10-11-26)35(34-25(3)9-12-32-31(34)22-41-44-32)37(49-5-2)36(30)42-39(43-38)50-28-19-27(20-28)45-15-7-6-8-16-45/h4,9,12,21-22,26-28H,1,5-8,10-11,13-20,23-24H2,2-3H3,(H,41,44)/t27-,28-. The zero-order chi connectivity index (χ0) is 34.0. The van der Waals surface area contributed by atoms with Crippen LogP contribution in [-0.4, -0.2) is 93.9 Å². The second-order valence-electron chi connectivity index (χ2n) is 15.5. The summed E-state index contributed by atoms with van der Waals surface area (Å²) >= 11 is 0. The lowest BCUT2D eigenvalue weighted by molar-refractivity contribution is -0.139. The molecule has 0 atom stereocenters. The first-order valence-electron chi connectivity index (χ1n) is 18.9. The number of nitrogens with zero attached hydrogens (tertiary/aromatic N) is 6. The molecule has 0 radical (unpaired) electrons. The van der Waals surface area contributed by atoms with Crippen LogP contribution in [0.3, 0.4) is 0 Å². The minimum absolute atomic E-state index is 0.0355. The number of ether oxygens (including phenoxy) is 2. The maximum absolute atomic E-state index is 12.2. The number of anilines is 1. The van der Waals surface area contributed by atoms with Gasteiger partial charge in [0.1, 0.15) is 17.4 Å². The van der Waals surface area contributed by atoms with E-state index < -0.39 is 0 Å². The van der Waals surface area contributed by atoms with Crippen LogP contribution < -0.4 is 14.4 Å². The number of benzene rings is 2. The fourth-order valence-electron chi connectivity index (χ4n) is 9.15. The van der Waals surface area contributed by atoms with Crippen LogP contribution in [0.25, 0.3) is 32.9 Å². The van der Waals surface area contributed by atoms with Gasteiger partial charge in [-0.25, -0.2) is 0 Å². The van der Waals surface area contributed by atoms with E-state index in [0.717, 1.165) is 109 Å². The van der Waals surface area contributed by atoms with Crippen LogP contribution in [-0.2, 0) is 4.79 Å². The highest BCUT2D eigenvalue weighted by Crippen LogP contribution is 2.53. The van der Waals surface area contributed by atoms with Crippen molar-refractivity contribution in [2.45, 2.75) is 89.7 Å². The van der Waals surface area contributed by atoms with Gasteiger partial charge < -0.3 is 24.2 Å². The van der Waals surface area contributed by atoms with E-state index in [0.29, 0.717) is 24.6 Å². The summed E-state index contributed by atoms with van der Waals surface area (Å²) in [6.45, 7) is 14.2. The SMILES string of the molecule is C=CC(=O)N1CC2(CCN(c3nc(O[C@H]4C[C@H](N5CCCCC5)C4)nc4c(OCC)c(-c5c(C)ccc6[nH]ncc56)c(C5CC5)cc34)CC2)C1. The van der Waals surface area contributed by atoms with Crippen LogP contribution >= 0.6 is 0 Å². The maximum atomic E-state index is 12.2. The number of carbonyl (C=O) groups excluding carboxylic acids is 1. The Morgan fingerprint density at radius 3 is 2.54 bits per heavy atom. The van der Waals surface area contributed by atoms with Crippen molar-refractivity contribution in [3.05, 3.63) is 48.2 Å². The second-order valence-corrected chi connectivity index (χ2v) is 15.5. The Balaban J connectivity index is 1.13. The number of amides is 1. The number of rotatable bonds is 9. The molecule has 50 heavy (non-hydrogen) atoms. The van der Waals surface area contributed by atoms with Crippen LogP contribution in [0.4, 0.5) is 5.82 Å². The average Bonchev–Trinajstić information content (AvgIpc) is 3.85. The van der Waals surface area contributed by atoms with E-state index in [1.165, 1.54) is 49.6 Å². The molecule has 2 aliphatic carbocycles. The van der Waals surface area contributed by atoms with Crippen molar-refractivity contribution in [1.29, 1.82) is 0 Å². The van der Waals surface area contributed by atoms with Crippen LogP contribution in [0.2, 0.25) is 0 Å². The van der Waals surface area contributed by atoms with Gasteiger partial charge in [-0.15, -0.1) is 0 Å². The first-order chi connectivity index (χ1) is 24.4. The van der Waals surface area contributed by atoms with Crippen molar-refractivity contribution in [3.8, 4) is 22.9 Å². The Labute approximate surface area is 294 Å². The lowest BCUT2D eigenvalue weighted by Crippen LogP contribution is -2.61. The number of hydrogen-bond donors (Lipinski definition) is 1. The number of piperidine rings is 2. The predicted molar refractivity (Wildman–Crippen MR) is 196 cm³/mol. The quantitative estimate of drug-likeness (QED) is 0.194. The molecule has 2 aromatic carbocycles. The van der Waals surface area contributed by atoms with Gasteiger partial charge in [0.2, 0.25) is 5.91 Å². The molecule has 3 aliphatic heterocycles. The van der Waals surface area contributed by atoms with Gasteiger partial charge >= 0.3 is 6.01 Å². The summed E-state index contributed by atoms with van der Waals surface area (Å²) in [6.07, 6.45) is 13.8. The largest absolute Gasteiger partial charge is 0.491 e. The number of aromatic nitrogens is 4. The van der Waals surface area contributed by atoms with Gasteiger partial charge in [-0.1, -0.05) is 19.1 Å². The van der Waals surface area contributed by atoms with Crippen molar-refractivity contribution in [3.63, 3.8) is 0 Å². The van der Waals surface area contributed by atoms with E-state index >= 15 is 0 Å². The van der Waals surface area contributed by atoms with Gasteiger partial charge in [0.25, 0.3) is 0 Å². The molecule has 0 unspecified atom stereocenters. The van der Waals surface area contributed by atoms with Gasteiger partial charge in [0, 0.05) is 66.8 Å². The van der Waals surface area contributed by atoms with E-state index in [-0.39, 0.29) is 17.4 Å². The Bertz CT molecular complexity index is 1940. The Hall–Kier alpha value is -4.18. The summed E-state index contributed by atoms with van der Waals surface area (Å²) in [7, 11) is 0. The molecule has 1 N–H and O–H groups in total. The highest BCUT2D eigenvalue weighted by Gasteiger charge is 2.47. The molecule has 5 heterocycles. The summed E-state index contributed by atoms with van der Waals surface area (Å²) in [4.78, 5) is 29.7. The topological polar surface area (TPSA) is 99.7 Å². The molecule has 1 spiro atoms. The molecule has 5 aliphatic rings. The normalized spacial score (nSPS) is 23.6. The third-order valence-electron chi connectivity index (χ3n) is 12.2. The molecule has 2 saturated carbocycles. The molecule has 4 aromatic rings. The molecule has 9 rings (SSSR count). The smallest absolute Gasteiger partial charge is 0.319 e. The van der Waals surface area contributed by atoms with Gasteiger partial charge in [-0.05, 0) is 106 Å². The highest BCUT2D eigenvalue weighted by molar-refractivity contribution is 6.06. The zero-order valence-electron chi connectivity index (χ0n) is 29.5. The lowest BCUT2D eigenvalue weighted by atomic mass is 9.72. The summed E-state index contributed by atoms with van der Waals surface area (Å²) in [5.41, 5.74) is 6.82. The molecule has 262 valence electrons. The van der Waals surface area contributed by atoms with Crippen LogP contribution in [0, 0.1) is 12.3 Å². The minimum atomic E-state index is 0.0355. The molecule has 1 amide bonds. The van der Waals surface area contributed by atoms with Crippen molar-refractivity contribution in [2.75, 3.05) is 50.8 Å². The number of aryl methyl sites for hydroxylation is 1. The monoisotopic (exact) mass is 675 g/mol. The van der Waals surface area contributed by atoms with Crippen molar-refractivity contribution < 1.29 is 14.3 Å². The Kier molecular flexibility index (Phi) is 7.97. The first kappa shape index (κ1) is 31.8. The zero-order valence-corrected chi connectivity index (χ0v) is 29.5. The first-order valence-corrected chi connectivity index (χ1v) is 18.9. The number of fused-ring (bicyclic) bond motifs is 2. The number of H-pyrrole nitrogens is 1. The van der Waals surface area contributed by atoms with E-state index in [1.54, 1.807) is 0 Å². The van der Waals surface area contributed by atoms with Crippen LogP contribution in [0.1, 0.15) is 81.8 Å². The molecule has 2 aromatic heterocycles. The summed E-state index contributed by atoms with van der Waals surface area (Å²) < 4.78 is 13.4. The van der Waals surface area contributed by atoms with Crippen molar-refractivity contribution in [2.24, 2.45) is 5.41 Å². The summed E-state index contributed by atoms with van der Waals surface area (Å²) in [5, 5.41) is 9.75. The second kappa shape index (κ2) is 12.5. The van der Waals surface area contributed by atoms with Crippen molar-refractivity contribution in [1.82, 2.24) is 30.0 Å². The molecule has 0 bridgehead atoms. The Morgan fingerprint density at radius 2 is 1.82 bits per heavy atom. The van der Waals surface area contributed by atoms with Crippen molar-refractivity contribution >= 4 is 33.5 Å². The minimum Gasteiger partial charge on any atom is -0.491 e. The van der Waals surface area contributed by atoms with Gasteiger partial charge in [-0.2, -0.15) is 15.1 Å². The fraction of sp³-hybridized carbons (Fsp3) is 0.550. The summed E-state index contributed by atoms with van der Waals surface area (Å²) in [6, 6.07) is 7.70. The molecule has 10 nitrogen and oxygen atoms in total. The van der Waals surface area contributed by atoms with E-state index in [4.69, 9.17) is 19.4 Å². The number of likely N-dealkylation sites (tertiary alicyclic amines) is 2. The number of carbonyl (C=O) groups is 1. The molecular formula is C40H49N7O3. The van der Waals surface area contributed by atoms with E-state index in [1.807, 2.05) is 11.1 Å². The third-order valence-corrected chi connectivity index (χ3v) is 12.2. The van der Waals surface area contributed by atoms with E-state index in [2.05, 4.69) is 58.6 Å². The maximum Gasteiger partial charge on any atom is 0.319 e. The highest BCUT2D eigenvalue weighted by atomic mass is 16.5. The van der Waals surface area contributed by atoms with Gasteiger partial charge in [0.05, 0.1) is 18.3 Å².